The van der Waals surface area contributed by atoms with Crippen LogP contribution in [-0.2, 0) is 34.1 Å². The molecule has 4 saturated carbocycles. The van der Waals surface area contributed by atoms with E-state index >= 15 is 0 Å². The predicted molar refractivity (Wildman–Crippen MR) is 341 cm³/mol. The summed E-state index contributed by atoms with van der Waals surface area (Å²) in [6.45, 7) is 19.7. The standard InChI is InChI=1S/C29H39N7O4S.C22H25ClN6O4S.C7H15N.ClH.2H2S/c1-18-14-29(3,4)35(16-18)27-22(28(37)33-41(38,39)24-15-30-34(5)19(24)2)10-11-25(31-27)36-13-12-26(32-36)40-17-23(20-6-7-20)21-8-9-21;1-13-18(11-24-28(13)2)34(31,32)27-22(30)16-7-8-19(25-21(16)23)29-10-9-20(26-29)33-12-17(14-3-4-14)15-5-6-15;1-6-4-7(2,3)8-5-6;;;/h10-13,15,18,20-21,23H,6-9,14,16-17H2,1-5H3,(H,33,37);7-11,14-15,17H,3-6,12H2,1-2H3,(H,27,30);6,8H,4-5H2,1-3H3;1H;2*1H2/t18-;;6-;;;/m0.0.../s1. The largest absolute Gasteiger partial charge is 0.476 e. The third-order valence-electron chi connectivity index (χ3n) is 17.1. The fraction of sp³-hybridized carbons (Fsp3) is 0.586. The van der Waals surface area contributed by atoms with E-state index in [9.17, 15) is 26.4 Å². The van der Waals surface area contributed by atoms with Gasteiger partial charge in [0.1, 0.15) is 20.8 Å². The van der Waals surface area contributed by atoms with Crippen molar-refractivity contribution < 1.29 is 35.9 Å². The first-order valence-electron chi connectivity index (χ1n) is 28.9. The predicted octanol–water partition coefficient (Wildman–Crippen LogP) is 8.81. The summed E-state index contributed by atoms with van der Waals surface area (Å²) < 4.78 is 73.7. The van der Waals surface area contributed by atoms with E-state index in [0.717, 1.165) is 36.0 Å². The average Bonchev–Trinajstić information content (AvgIpc) is 1.91. The third kappa shape index (κ3) is 16.3. The van der Waals surface area contributed by atoms with Gasteiger partial charge >= 0.3 is 0 Å². The molecule has 22 nitrogen and oxygen atoms in total. The molecular weight excluding hydrogens is 1220 g/mol. The van der Waals surface area contributed by atoms with Crippen molar-refractivity contribution >= 4 is 88.7 Å². The molecule has 0 unspecified atom stereocenters. The molecule has 28 heteroatoms. The smallest absolute Gasteiger partial charge is 0.268 e. The fourth-order valence-electron chi connectivity index (χ4n) is 11.8. The van der Waals surface area contributed by atoms with Gasteiger partial charge in [-0.15, -0.1) is 22.6 Å². The van der Waals surface area contributed by atoms with Crippen LogP contribution in [0.2, 0.25) is 5.15 Å². The SMILES string of the molecule is C[C@@H]1CNC(C)(C)C1.Cc1c(S(=O)(=O)NC(=O)c2ccc(-n3ccc(OCC(C4CC4)C4CC4)n3)nc2Cl)cnn1C.Cc1c(S(=O)(=O)NC(=O)c2ccc(-n3ccc(OCC(C4CC4)C4CC4)n3)nc2N2C[C@@H](C)CC2(C)C)cnn1C.Cl.S.S. The Bertz CT molecular complexity index is 3570. The number of hydrogen-bond acceptors (Lipinski definition) is 16. The van der Waals surface area contributed by atoms with E-state index in [1.54, 1.807) is 63.2 Å². The molecule has 8 heterocycles. The van der Waals surface area contributed by atoms with Gasteiger partial charge in [-0.25, -0.2) is 45.6 Å². The van der Waals surface area contributed by atoms with Crippen LogP contribution in [0, 0.1) is 61.2 Å². The van der Waals surface area contributed by atoms with Gasteiger partial charge in [0.25, 0.3) is 31.9 Å². The van der Waals surface area contributed by atoms with Crippen LogP contribution in [0.15, 0.2) is 71.0 Å². The summed E-state index contributed by atoms with van der Waals surface area (Å²) in [7, 11) is -4.99. The number of nitrogens with zero attached hydrogens (tertiary/aromatic N) is 11. The molecule has 4 aliphatic carbocycles. The Morgan fingerprint density at radius 2 is 1.09 bits per heavy atom. The summed E-state index contributed by atoms with van der Waals surface area (Å²) >= 11 is 6.22. The molecule has 3 N–H and O–H groups in total. The van der Waals surface area contributed by atoms with E-state index in [-0.39, 0.29) is 71.0 Å². The zero-order valence-electron chi connectivity index (χ0n) is 50.6. The summed E-state index contributed by atoms with van der Waals surface area (Å²) in [6, 6.07) is 9.84. The molecule has 6 aliphatic rings. The number of rotatable bonds is 19. The molecule has 2 amide bonds. The zero-order chi connectivity index (χ0) is 59.3. The van der Waals surface area contributed by atoms with E-state index in [1.165, 1.54) is 103 Å². The Labute approximate surface area is 530 Å². The second-order valence-corrected chi connectivity index (χ2v) is 28.8. The third-order valence-corrected chi connectivity index (χ3v) is 20.2. The van der Waals surface area contributed by atoms with E-state index < -0.39 is 31.9 Å². The number of aryl methyl sites for hydroxylation is 2. The van der Waals surface area contributed by atoms with Gasteiger partial charge in [0.2, 0.25) is 11.8 Å². The van der Waals surface area contributed by atoms with Crippen LogP contribution in [0.1, 0.15) is 138 Å². The maximum absolute atomic E-state index is 13.5. The van der Waals surface area contributed by atoms with Gasteiger partial charge in [-0.2, -0.15) is 37.2 Å². The Morgan fingerprint density at radius 3 is 1.44 bits per heavy atom. The Hall–Kier alpha value is -5.38. The number of sulfonamides is 2. The highest BCUT2D eigenvalue weighted by Gasteiger charge is 2.44. The molecule has 6 fully saturated rings. The number of amides is 2. The highest BCUT2D eigenvalue weighted by Crippen LogP contribution is 2.50. The number of pyridine rings is 2. The lowest BCUT2D eigenvalue weighted by molar-refractivity contribution is 0.0972. The van der Waals surface area contributed by atoms with E-state index in [0.29, 0.717) is 83.7 Å². The van der Waals surface area contributed by atoms with Gasteiger partial charge in [0, 0.05) is 56.2 Å². The normalized spacial score (nSPS) is 19.5. The molecule has 86 heavy (non-hydrogen) atoms. The maximum Gasteiger partial charge on any atom is 0.268 e. The van der Waals surface area contributed by atoms with E-state index in [1.807, 2.05) is 10.8 Å². The van der Waals surface area contributed by atoms with Crippen molar-refractivity contribution in [2.24, 2.45) is 61.4 Å². The van der Waals surface area contributed by atoms with Gasteiger partial charge < -0.3 is 19.7 Å². The molecule has 0 aromatic carbocycles. The summed E-state index contributed by atoms with van der Waals surface area (Å²) in [5.41, 5.74) is 1.08. The summed E-state index contributed by atoms with van der Waals surface area (Å²) in [5.74, 6) is 6.41. The minimum absolute atomic E-state index is 0. The van der Waals surface area contributed by atoms with E-state index in [2.05, 4.69) is 81.9 Å². The fourth-order valence-corrected chi connectivity index (χ4v) is 14.4. The minimum atomic E-state index is -4.14. The molecule has 6 aromatic rings. The van der Waals surface area contributed by atoms with Crippen molar-refractivity contribution in [2.45, 2.75) is 140 Å². The van der Waals surface area contributed by atoms with Crippen molar-refractivity contribution in [3.8, 4) is 23.4 Å². The van der Waals surface area contributed by atoms with Crippen molar-refractivity contribution in [1.29, 1.82) is 0 Å². The van der Waals surface area contributed by atoms with Gasteiger partial charge in [-0.1, -0.05) is 25.4 Å². The lowest BCUT2D eigenvalue weighted by Crippen LogP contribution is -2.41. The number of aromatic nitrogens is 10. The van der Waals surface area contributed by atoms with E-state index in [4.69, 9.17) is 26.1 Å². The first-order valence-corrected chi connectivity index (χ1v) is 32.3. The number of ether oxygens (including phenoxy) is 2. The minimum Gasteiger partial charge on any atom is -0.476 e. The highest BCUT2D eigenvalue weighted by atomic mass is 35.5. The second-order valence-electron chi connectivity index (χ2n) is 25.2. The number of halogens is 2. The molecule has 0 radical (unpaired) electrons. The number of nitrogens with one attached hydrogen (secondary N) is 3. The van der Waals surface area contributed by atoms with Crippen LogP contribution in [0.4, 0.5) is 5.82 Å². The van der Waals surface area contributed by atoms with Gasteiger partial charge in [0.15, 0.2) is 11.6 Å². The number of carbonyl (C=O) groups is 2. The zero-order valence-corrected chi connectivity index (χ0v) is 55.8. The monoisotopic (exact) mass is 1300 g/mol. The van der Waals surface area contributed by atoms with Crippen LogP contribution in [-0.4, -0.2) is 115 Å². The number of hydrogen-bond donors (Lipinski definition) is 3. The molecule has 472 valence electrons. The molecular formula is C58H84Cl2N14O8S4. The average molecular weight is 1300 g/mol. The van der Waals surface area contributed by atoms with Crippen LogP contribution < -0.4 is 29.1 Å². The molecule has 0 bridgehead atoms. The Kier molecular flexibility index (Phi) is 21.5. The quantitative estimate of drug-likeness (QED) is 0.0640. The Balaban J connectivity index is 0.000000213. The van der Waals surface area contributed by atoms with Crippen molar-refractivity contribution in [2.75, 3.05) is 31.2 Å². The first-order chi connectivity index (χ1) is 39.3. The van der Waals surface area contributed by atoms with Gasteiger partial charge in [-0.3, -0.25) is 19.0 Å². The molecule has 2 aliphatic heterocycles. The summed E-state index contributed by atoms with van der Waals surface area (Å²) in [5, 5.41) is 20.2. The van der Waals surface area contributed by atoms with Crippen molar-refractivity contribution in [3.63, 3.8) is 0 Å². The number of anilines is 1. The number of carbonyl (C=O) groups excluding carboxylic acids is 2. The molecule has 0 spiro atoms. The van der Waals surface area contributed by atoms with Gasteiger partial charge in [0.05, 0.1) is 48.1 Å². The van der Waals surface area contributed by atoms with Gasteiger partial charge in [-0.05, 0) is 184 Å². The Morgan fingerprint density at radius 1 is 0.663 bits per heavy atom. The van der Waals surface area contributed by atoms with Crippen LogP contribution in [0.3, 0.4) is 0 Å². The topological polar surface area (TPSA) is 257 Å². The van der Waals surface area contributed by atoms with Crippen LogP contribution in [0.5, 0.6) is 11.8 Å². The molecule has 2 atom stereocenters. The molecule has 2 saturated heterocycles. The lowest BCUT2D eigenvalue weighted by Gasteiger charge is -2.34. The summed E-state index contributed by atoms with van der Waals surface area (Å²) in [6.07, 6.45) is 18.6. The molecule has 12 rings (SSSR count). The lowest BCUT2D eigenvalue weighted by atomic mass is 9.97. The highest BCUT2D eigenvalue weighted by molar-refractivity contribution is 7.90. The van der Waals surface area contributed by atoms with Crippen molar-refractivity contribution in [1.82, 2.24) is 63.9 Å². The first kappa shape index (κ1) is 68.1. The maximum atomic E-state index is 13.5. The second kappa shape index (κ2) is 27.2. The summed E-state index contributed by atoms with van der Waals surface area (Å²) in [4.78, 5) is 37.2. The van der Waals surface area contributed by atoms with Crippen molar-refractivity contribution in [3.05, 3.63) is 88.9 Å². The van der Waals surface area contributed by atoms with Crippen LogP contribution in [0.25, 0.3) is 11.6 Å². The van der Waals surface area contributed by atoms with Crippen LogP contribution >= 0.6 is 51.0 Å². The molecule has 6 aromatic heterocycles.